The standard InChI is InChI=1S/C13H19N3O/c1-3-11(2)10-17-13-6-4-5-12(9-13)7-8-15-16-14/h4-6,9,11H,3,7-8,10H2,1-2H3/t11-/m0/s1. The highest BCUT2D eigenvalue weighted by atomic mass is 16.5. The summed E-state index contributed by atoms with van der Waals surface area (Å²) in [6, 6.07) is 7.95. The molecule has 0 bridgehead atoms. The first-order valence-electron chi connectivity index (χ1n) is 5.98. The van der Waals surface area contributed by atoms with E-state index in [9.17, 15) is 0 Å². The number of azide groups is 1. The van der Waals surface area contributed by atoms with Crippen molar-refractivity contribution in [2.75, 3.05) is 13.2 Å². The molecule has 0 aliphatic rings. The van der Waals surface area contributed by atoms with Crippen molar-refractivity contribution in [1.82, 2.24) is 0 Å². The van der Waals surface area contributed by atoms with Crippen molar-refractivity contribution in [3.8, 4) is 5.75 Å². The van der Waals surface area contributed by atoms with Gasteiger partial charge in [0.2, 0.25) is 0 Å². The third-order valence-electron chi connectivity index (χ3n) is 2.69. The second kappa shape index (κ2) is 7.58. The lowest BCUT2D eigenvalue weighted by atomic mass is 10.1. The SMILES string of the molecule is CC[C@H](C)COc1cccc(CCN=[N+]=[N-])c1. The maximum Gasteiger partial charge on any atom is 0.119 e. The second-order valence-electron chi connectivity index (χ2n) is 4.18. The van der Waals surface area contributed by atoms with E-state index in [-0.39, 0.29) is 0 Å². The highest BCUT2D eigenvalue weighted by molar-refractivity contribution is 5.28. The Morgan fingerprint density at radius 3 is 3.00 bits per heavy atom. The van der Waals surface area contributed by atoms with Gasteiger partial charge in [0.15, 0.2) is 0 Å². The molecule has 0 aliphatic heterocycles. The molecule has 92 valence electrons. The van der Waals surface area contributed by atoms with E-state index in [1.54, 1.807) is 0 Å². The number of hydrogen-bond acceptors (Lipinski definition) is 2. The van der Waals surface area contributed by atoms with Crippen molar-refractivity contribution in [2.45, 2.75) is 26.7 Å². The summed E-state index contributed by atoms with van der Waals surface area (Å²) < 4.78 is 5.70. The zero-order valence-corrected chi connectivity index (χ0v) is 10.5. The molecule has 0 radical (unpaired) electrons. The third-order valence-corrected chi connectivity index (χ3v) is 2.69. The Bertz CT molecular complexity index is 386. The maximum absolute atomic E-state index is 8.20. The van der Waals surface area contributed by atoms with Crippen molar-refractivity contribution < 1.29 is 4.74 Å². The molecule has 4 nitrogen and oxygen atoms in total. The molecule has 1 rings (SSSR count). The van der Waals surface area contributed by atoms with Crippen LogP contribution in [0.15, 0.2) is 29.4 Å². The van der Waals surface area contributed by atoms with Gasteiger partial charge in [0.25, 0.3) is 0 Å². The van der Waals surface area contributed by atoms with Crippen molar-refractivity contribution in [3.63, 3.8) is 0 Å². The molecule has 0 unspecified atom stereocenters. The van der Waals surface area contributed by atoms with Crippen LogP contribution in [-0.4, -0.2) is 13.2 Å². The third kappa shape index (κ3) is 5.27. The van der Waals surface area contributed by atoms with E-state index in [0.29, 0.717) is 12.5 Å². The van der Waals surface area contributed by atoms with E-state index in [2.05, 4.69) is 23.9 Å². The van der Waals surface area contributed by atoms with E-state index >= 15 is 0 Å². The molecular formula is C13H19N3O. The van der Waals surface area contributed by atoms with E-state index in [1.807, 2.05) is 24.3 Å². The fourth-order valence-electron chi connectivity index (χ4n) is 1.37. The first-order chi connectivity index (χ1) is 8.26. The van der Waals surface area contributed by atoms with E-state index < -0.39 is 0 Å². The first-order valence-corrected chi connectivity index (χ1v) is 5.98. The van der Waals surface area contributed by atoms with Gasteiger partial charge in [-0.15, -0.1) is 0 Å². The number of benzene rings is 1. The Kier molecular flexibility index (Phi) is 5.97. The van der Waals surface area contributed by atoms with Crippen LogP contribution < -0.4 is 4.74 Å². The van der Waals surface area contributed by atoms with Gasteiger partial charge in [0.05, 0.1) is 6.61 Å². The van der Waals surface area contributed by atoms with Gasteiger partial charge in [0, 0.05) is 11.5 Å². The molecule has 0 saturated heterocycles. The van der Waals surface area contributed by atoms with Crippen molar-refractivity contribution in [3.05, 3.63) is 40.3 Å². The van der Waals surface area contributed by atoms with E-state index in [4.69, 9.17) is 10.3 Å². The van der Waals surface area contributed by atoms with Crippen LogP contribution in [0.1, 0.15) is 25.8 Å². The van der Waals surface area contributed by atoms with Crippen LogP contribution in [0.4, 0.5) is 0 Å². The normalized spacial score (nSPS) is 11.6. The molecule has 0 heterocycles. The monoisotopic (exact) mass is 233 g/mol. The summed E-state index contributed by atoms with van der Waals surface area (Å²) in [6.45, 7) is 5.57. The maximum atomic E-state index is 8.20. The molecule has 0 amide bonds. The van der Waals surface area contributed by atoms with Gasteiger partial charge in [-0.1, -0.05) is 37.5 Å². The summed E-state index contributed by atoms with van der Waals surface area (Å²) in [6.07, 6.45) is 1.88. The minimum atomic E-state index is 0.491. The lowest BCUT2D eigenvalue weighted by Crippen LogP contribution is -2.07. The molecule has 1 aromatic rings. The molecule has 1 atom stereocenters. The summed E-state index contributed by atoms with van der Waals surface area (Å²) in [5, 5.41) is 3.52. The van der Waals surface area contributed by atoms with Gasteiger partial charge >= 0.3 is 0 Å². The lowest BCUT2D eigenvalue weighted by molar-refractivity contribution is 0.256. The van der Waals surface area contributed by atoms with Crippen LogP contribution in [0.2, 0.25) is 0 Å². The Labute approximate surface area is 102 Å². The van der Waals surface area contributed by atoms with Gasteiger partial charge in [-0.25, -0.2) is 0 Å². The predicted molar refractivity (Wildman–Crippen MR) is 69.1 cm³/mol. The molecule has 0 N–H and O–H groups in total. The van der Waals surface area contributed by atoms with Crippen LogP contribution in [-0.2, 0) is 6.42 Å². The van der Waals surface area contributed by atoms with Crippen LogP contribution in [0.5, 0.6) is 5.75 Å². The average molecular weight is 233 g/mol. The molecule has 0 aliphatic carbocycles. The summed E-state index contributed by atoms with van der Waals surface area (Å²) in [5.74, 6) is 1.46. The average Bonchev–Trinajstić information content (AvgIpc) is 2.37. The van der Waals surface area contributed by atoms with E-state index in [1.165, 1.54) is 0 Å². The number of hydrogen-bond donors (Lipinski definition) is 0. The number of rotatable bonds is 7. The Balaban J connectivity index is 2.50. The van der Waals surface area contributed by atoms with Crippen LogP contribution in [0.25, 0.3) is 10.4 Å². The highest BCUT2D eigenvalue weighted by Gasteiger charge is 2.01. The minimum Gasteiger partial charge on any atom is -0.493 e. The molecule has 0 aromatic heterocycles. The van der Waals surface area contributed by atoms with Crippen molar-refractivity contribution in [1.29, 1.82) is 0 Å². The van der Waals surface area contributed by atoms with Gasteiger partial charge in [-0.2, -0.15) is 0 Å². The highest BCUT2D eigenvalue weighted by Crippen LogP contribution is 2.15. The van der Waals surface area contributed by atoms with Crippen LogP contribution in [0.3, 0.4) is 0 Å². The quantitative estimate of drug-likeness (QED) is 0.399. The number of nitrogens with zero attached hydrogens (tertiary/aromatic N) is 3. The van der Waals surface area contributed by atoms with Gasteiger partial charge in [-0.3, -0.25) is 0 Å². The van der Waals surface area contributed by atoms with Gasteiger partial charge < -0.3 is 4.74 Å². The first kappa shape index (κ1) is 13.4. The van der Waals surface area contributed by atoms with Crippen molar-refractivity contribution in [2.24, 2.45) is 11.0 Å². The minimum absolute atomic E-state index is 0.491. The smallest absolute Gasteiger partial charge is 0.119 e. The molecule has 0 spiro atoms. The van der Waals surface area contributed by atoms with E-state index in [0.717, 1.165) is 30.8 Å². The Morgan fingerprint density at radius 1 is 1.47 bits per heavy atom. The molecule has 1 aromatic carbocycles. The van der Waals surface area contributed by atoms with Crippen LogP contribution >= 0.6 is 0 Å². The zero-order valence-electron chi connectivity index (χ0n) is 10.5. The van der Waals surface area contributed by atoms with Crippen molar-refractivity contribution >= 4 is 0 Å². The Hall–Kier alpha value is -1.67. The van der Waals surface area contributed by atoms with Gasteiger partial charge in [-0.05, 0) is 35.6 Å². The second-order valence-corrected chi connectivity index (χ2v) is 4.18. The molecular weight excluding hydrogens is 214 g/mol. The molecule has 17 heavy (non-hydrogen) atoms. The largest absolute Gasteiger partial charge is 0.493 e. The summed E-state index contributed by atoms with van der Waals surface area (Å²) in [4.78, 5) is 2.74. The Morgan fingerprint density at radius 2 is 2.29 bits per heavy atom. The zero-order chi connectivity index (χ0) is 12.5. The fraction of sp³-hybridized carbons (Fsp3) is 0.538. The summed E-state index contributed by atoms with van der Waals surface area (Å²) in [7, 11) is 0. The van der Waals surface area contributed by atoms with Crippen LogP contribution in [0, 0.1) is 5.92 Å². The van der Waals surface area contributed by atoms with Gasteiger partial charge in [0.1, 0.15) is 5.75 Å². The summed E-state index contributed by atoms with van der Waals surface area (Å²) in [5.41, 5.74) is 9.34. The molecule has 0 saturated carbocycles. The lowest BCUT2D eigenvalue weighted by Gasteiger charge is -2.11. The topological polar surface area (TPSA) is 58.0 Å². The summed E-state index contributed by atoms with van der Waals surface area (Å²) >= 11 is 0. The number of ether oxygens (including phenoxy) is 1. The molecule has 4 heteroatoms. The predicted octanol–water partition coefficient (Wildman–Crippen LogP) is 3.96. The fourth-order valence-corrected chi connectivity index (χ4v) is 1.37. The molecule has 0 fully saturated rings.